The molecule has 0 fully saturated rings. The lowest BCUT2D eigenvalue weighted by Crippen LogP contribution is -2.34. The maximum Gasteiger partial charge on any atom is 0.282 e. The molecule has 2 amide bonds. The highest BCUT2D eigenvalue weighted by Gasteiger charge is 2.26. The minimum absolute atomic E-state index is 0.152. The van der Waals surface area contributed by atoms with Gasteiger partial charge in [-0.05, 0) is 0 Å². The van der Waals surface area contributed by atoms with Crippen LogP contribution in [0.4, 0.5) is 8.78 Å². The van der Waals surface area contributed by atoms with Crippen molar-refractivity contribution in [2.24, 2.45) is 0 Å². The number of nitrogens with zero attached hydrogens (tertiary/aromatic N) is 4. The van der Waals surface area contributed by atoms with Crippen LogP contribution >= 0.6 is 11.3 Å². The number of rotatable bonds is 2. The summed E-state index contributed by atoms with van der Waals surface area (Å²) in [5.41, 5.74) is 0.459. The molecule has 0 N–H and O–H groups in total. The maximum absolute atomic E-state index is 13.8. The monoisotopic (exact) mass is 366 g/mol. The van der Waals surface area contributed by atoms with Crippen LogP contribution in [0, 0.1) is 11.8 Å². The highest BCUT2D eigenvalue weighted by atomic mass is 32.1. The van der Waals surface area contributed by atoms with E-state index in [1.54, 1.807) is 14.1 Å². The van der Waals surface area contributed by atoms with Gasteiger partial charge in [-0.3, -0.25) is 9.59 Å². The number of thiazole rings is 1. The average molecular weight is 366 g/mol. The van der Waals surface area contributed by atoms with Gasteiger partial charge in [-0.1, -0.05) is 0 Å². The summed E-state index contributed by atoms with van der Waals surface area (Å²) in [4.78, 5) is 35.9. The summed E-state index contributed by atoms with van der Waals surface area (Å²) in [6.07, 6.45) is 1.69. The van der Waals surface area contributed by atoms with Crippen molar-refractivity contribution in [1.82, 2.24) is 19.8 Å². The summed E-state index contributed by atoms with van der Waals surface area (Å²) in [6, 6.07) is 0.810. The quantitative estimate of drug-likeness (QED) is 0.760. The molecule has 6 nitrogen and oxygen atoms in total. The van der Waals surface area contributed by atoms with Gasteiger partial charge in [-0.25, -0.2) is 14.4 Å². The fraction of sp³-hybridized carbons (Fsp3) is 0.375. The zero-order valence-electron chi connectivity index (χ0n) is 13.8. The number of carbonyl (C=O) groups is 2. The third kappa shape index (κ3) is 3.51. The van der Waals surface area contributed by atoms with Crippen molar-refractivity contribution in [1.29, 1.82) is 0 Å². The van der Waals surface area contributed by atoms with Crippen LogP contribution in [0.2, 0.25) is 0 Å². The van der Waals surface area contributed by atoms with Crippen molar-refractivity contribution < 1.29 is 18.4 Å². The third-order valence-electron chi connectivity index (χ3n) is 3.93. The van der Waals surface area contributed by atoms with Crippen molar-refractivity contribution >= 4 is 23.2 Å². The predicted molar refractivity (Wildman–Crippen MR) is 87.6 cm³/mol. The summed E-state index contributed by atoms with van der Waals surface area (Å²) in [5, 5.41) is 0.428. The Morgan fingerprint density at radius 3 is 2.68 bits per heavy atom. The van der Waals surface area contributed by atoms with Crippen LogP contribution < -0.4 is 0 Å². The fourth-order valence-electron chi connectivity index (χ4n) is 2.60. The summed E-state index contributed by atoms with van der Waals surface area (Å²) < 4.78 is 27.0. The fourth-order valence-corrected chi connectivity index (χ4v) is 3.71. The summed E-state index contributed by atoms with van der Waals surface area (Å²) in [6.45, 7) is 0.682. The molecule has 2 aromatic heterocycles. The van der Waals surface area contributed by atoms with Crippen LogP contribution in [0.3, 0.4) is 0 Å². The molecule has 132 valence electrons. The number of pyridine rings is 1. The summed E-state index contributed by atoms with van der Waals surface area (Å²) >= 11 is 1.32. The van der Waals surface area contributed by atoms with Crippen LogP contribution in [0.1, 0.15) is 30.7 Å². The molecule has 0 saturated carbocycles. The molecule has 25 heavy (non-hydrogen) atoms. The van der Waals surface area contributed by atoms with Gasteiger partial charge in [0, 0.05) is 51.0 Å². The summed E-state index contributed by atoms with van der Waals surface area (Å²) in [7, 11) is 3.33. The van der Waals surface area contributed by atoms with Crippen molar-refractivity contribution in [2.75, 3.05) is 27.2 Å². The van der Waals surface area contributed by atoms with Crippen LogP contribution in [0.5, 0.6) is 0 Å². The number of fused-ring (bicyclic) bond motifs is 1. The molecule has 0 aliphatic carbocycles. The van der Waals surface area contributed by atoms with Crippen molar-refractivity contribution in [2.45, 2.75) is 12.8 Å². The summed E-state index contributed by atoms with van der Waals surface area (Å²) in [5.74, 6) is -2.46. The average Bonchev–Trinajstić information content (AvgIpc) is 2.89. The number of carbonyl (C=O) groups excluding carboxylic acids is 2. The Labute approximate surface area is 147 Å². The number of hydrogen-bond acceptors (Lipinski definition) is 5. The first-order valence-electron chi connectivity index (χ1n) is 7.67. The van der Waals surface area contributed by atoms with Gasteiger partial charge in [0.1, 0.15) is 0 Å². The second-order valence-corrected chi connectivity index (χ2v) is 6.95. The first-order valence-corrected chi connectivity index (χ1v) is 8.49. The highest BCUT2D eigenvalue weighted by Crippen LogP contribution is 2.24. The van der Waals surface area contributed by atoms with Crippen molar-refractivity contribution in [3.63, 3.8) is 0 Å². The second kappa shape index (κ2) is 6.83. The smallest absolute Gasteiger partial charge is 0.282 e. The van der Waals surface area contributed by atoms with E-state index in [2.05, 4.69) is 9.97 Å². The van der Waals surface area contributed by atoms with Gasteiger partial charge < -0.3 is 9.80 Å². The van der Waals surface area contributed by atoms with Gasteiger partial charge in [0.2, 0.25) is 5.95 Å². The molecular weight excluding hydrogens is 350 g/mol. The largest absolute Gasteiger partial charge is 0.343 e. The van der Waals surface area contributed by atoms with E-state index in [0.717, 1.165) is 16.6 Å². The lowest BCUT2D eigenvalue weighted by Gasteiger charge is -2.20. The molecule has 0 saturated heterocycles. The van der Waals surface area contributed by atoms with Crippen LogP contribution in [0.25, 0.3) is 0 Å². The number of amides is 2. The molecule has 0 spiro atoms. The molecule has 3 heterocycles. The Hall–Kier alpha value is -2.42. The van der Waals surface area contributed by atoms with Crippen LogP contribution in [-0.4, -0.2) is 58.8 Å². The molecule has 0 unspecified atom stereocenters. The Morgan fingerprint density at radius 1 is 1.24 bits per heavy atom. The lowest BCUT2D eigenvalue weighted by atomic mass is 10.2. The van der Waals surface area contributed by atoms with Crippen molar-refractivity contribution in [3.05, 3.63) is 45.2 Å². The van der Waals surface area contributed by atoms with E-state index in [4.69, 9.17) is 0 Å². The zero-order chi connectivity index (χ0) is 18.1. The molecule has 1 aliphatic rings. The lowest BCUT2D eigenvalue weighted by molar-refractivity contribution is 0.0756. The molecule has 0 bridgehead atoms. The molecular formula is C16H16F2N4O2S. The van der Waals surface area contributed by atoms with Gasteiger partial charge >= 0.3 is 0 Å². The SMILES string of the molecule is CN(C)C(=O)c1nc2c(s1)CCN(C(=O)c1cc(F)ncc1F)CC2. The van der Waals surface area contributed by atoms with Crippen molar-refractivity contribution in [3.8, 4) is 0 Å². The van der Waals surface area contributed by atoms with Gasteiger partial charge in [0.25, 0.3) is 11.8 Å². The van der Waals surface area contributed by atoms with E-state index in [0.29, 0.717) is 37.1 Å². The first kappa shape index (κ1) is 17.4. The topological polar surface area (TPSA) is 66.4 Å². The highest BCUT2D eigenvalue weighted by molar-refractivity contribution is 7.13. The molecule has 3 rings (SSSR count). The van der Waals surface area contributed by atoms with E-state index >= 15 is 0 Å². The van der Waals surface area contributed by atoms with Gasteiger partial charge in [-0.15, -0.1) is 11.3 Å². The number of halogens is 2. The Morgan fingerprint density at radius 2 is 1.96 bits per heavy atom. The van der Waals surface area contributed by atoms with E-state index in [1.165, 1.54) is 21.1 Å². The Balaban J connectivity index is 1.76. The number of hydrogen-bond donors (Lipinski definition) is 0. The normalized spacial score (nSPS) is 14.0. The van der Waals surface area contributed by atoms with E-state index < -0.39 is 17.7 Å². The van der Waals surface area contributed by atoms with Gasteiger partial charge in [0.05, 0.1) is 17.5 Å². The maximum atomic E-state index is 13.8. The zero-order valence-corrected chi connectivity index (χ0v) is 14.6. The standard InChI is InChI=1S/C16H16F2N4O2S/c1-21(2)16(24)14-20-11-3-5-22(6-4-12(11)25-14)15(23)9-7-13(18)19-8-10(9)17/h7-8H,3-6H2,1-2H3. The molecule has 0 aromatic carbocycles. The third-order valence-corrected chi connectivity index (χ3v) is 5.08. The minimum atomic E-state index is -0.896. The molecule has 2 aromatic rings. The molecule has 0 radical (unpaired) electrons. The number of aromatic nitrogens is 2. The van der Waals surface area contributed by atoms with Gasteiger partial charge in [-0.2, -0.15) is 4.39 Å². The second-order valence-electron chi connectivity index (χ2n) is 5.87. The molecule has 1 aliphatic heterocycles. The van der Waals surface area contributed by atoms with E-state index in [1.807, 2.05) is 0 Å². The minimum Gasteiger partial charge on any atom is -0.343 e. The van der Waals surface area contributed by atoms with Gasteiger partial charge in [0.15, 0.2) is 10.8 Å². The van der Waals surface area contributed by atoms with E-state index in [-0.39, 0.29) is 11.5 Å². The van der Waals surface area contributed by atoms with E-state index in [9.17, 15) is 18.4 Å². The predicted octanol–water partition coefficient (Wildman–Crippen LogP) is 1.76. The molecule has 9 heteroatoms. The van der Waals surface area contributed by atoms with Crippen LogP contribution in [-0.2, 0) is 12.8 Å². The molecule has 0 atom stereocenters. The van der Waals surface area contributed by atoms with Crippen LogP contribution in [0.15, 0.2) is 12.3 Å². The Bertz CT molecular complexity index is 812. The first-order chi connectivity index (χ1) is 11.9. The Kier molecular flexibility index (Phi) is 4.76.